The largest absolute Gasteiger partial charge is 0.510 e. The lowest BCUT2D eigenvalue weighted by atomic mass is 9.78. The van der Waals surface area contributed by atoms with E-state index < -0.39 is 76.6 Å². The second kappa shape index (κ2) is 9.11. The van der Waals surface area contributed by atoms with Crippen molar-refractivity contribution in [3.05, 3.63) is 106 Å². The molecule has 0 radical (unpaired) electrons. The molecule has 1 heterocycles. The number of aromatic hydroxyl groups is 1. The lowest BCUT2D eigenvalue weighted by molar-refractivity contribution is 0.0873. The molecule has 0 unspecified atom stereocenters. The highest BCUT2D eigenvalue weighted by Crippen LogP contribution is 2.56. The maximum Gasteiger partial charge on any atom is 0.260 e. The minimum atomic E-state index is -2.00. The molecule has 0 saturated heterocycles. The van der Waals surface area contributed by atoms with Gasteiger partial charge in [-0.25, -0.2) is 0 Å². The normalized spacial score (nSPS) is 17.7. The number of hydrogen-bond donors (Lipinski definition) is 4. The number of rotatable bonds is 4. The topological polar surface area (TPSA) is 193 Å². The van der Waals surface area contributed by atoms with Gasteiger partial charge in [0.25, 0.3) is 5.56 Å². The van der Waals surface area contributed by atoms with E-state index in [2.05, 4.69) is 26.1 Å². The SMILES string of the molecule is COc1cc(=O)c2c(=O)c3c(c(=O)c=2c1=O)=C(O)[C@]1(CCc2c1c(O)c1c(=O)[nH]c(C=NOC(C)C)cc1c2Br)C=3O. The molecular weight excluding hydrogens is 616 g/mol. The van der Waals surface area contributed by atoms with Gasteiger partial charge in [0.2, 0.25) is 16.3 Å². The summed E-state index contributed by atoms with van der Waals surface area (Å²) >= 11 is 3.49. The van der Waals surface area contributed by atoms with Crippen LogP contribution in [0.25, 0.3) is 22.3 Å². The van der Waals surface area contributed by atoms with Crippen LogP contribution in [0.2, 0.25) is 0 Å². The molecule has 4 N–H and O–H groups in total. The molecule has 0 bridgehead atoms. The van der Waals surface area contributed by atoms with E-state index in [1.54, 1.807) is 19.9 Å². The number of phenols is 1. The summed E-state index contributed by atoms with van der Waals surface area (Å²) in [6, 6.07) is 2.33. The van der Waals surface area contributed by atoms with Crippen LogP contribution in [0.3, 0.4) is 0 Å². The van der Waals surface area contributed by atoms with Crippen molar-refractivity contribution in [2.24, 2.45) is 5.16 Å². The predicted octanol–water partition coefficient (Wildman–Crippen LogP) is 0.0351. The number of benzene rings is 1. The molecule has 42 heavy (non-hydrogen) atoms. The number of aliphatic hydroxyl groups is 2. The van der Waals surface area contributed by atoms with Gasteiger partial charge in [-0.1, -0.05) is 5.16 Å². The van der Waals surface area contributed by atoms with Crippen LogP contribution in [-0.4, -0.2) is 39.7 Å². The molecule has 4 aliphatic carbocycles. The van der Waals surface area contributed by atoms with Gasteiger partial charge in [-0.3, -0.25) is 24.0 Å². The Hall–Kier alpha value is -4.78. The molecule has 4 aliphatic rings. The highest BCUT2D eigenvalue weighted by molar-refractivity contribution is 9.10. The molecule has 2 aromatic rings. The fourth-order valence-electron chi connectivity index (χ4n) is 6.09. The Morgan fingerprint density at radius 2 is 1.62 bits per heavy atom. The maximum absolute atomic E-state index is 13.6. The number of hydrogen-bond acceptors (Lipinski definition) is 11. The molecule has 0 fully saturated rings. The number of fused-ring (bicyclic) bond motifs is 4. The Morgan fingerprint density at radius 3 is 2.24 bits per heavy atom. The van der Waals surface area contributed by atoms with Crippen LogP contribution in [0.4, 0.5) is 0 Å². The summed E-state index contributed by atoms with van der Waals surface area (Å²) in [5.74, 6) is -2.59. The molecule has 0 aliphatic heterocycles. The van der Waals surface area contributed by atoms with Gasteiger partial charge < -0.3 is 29.9 Å². The van der Waals surface area contributed by atoms with Gasteiger partial charge in [-0.15, -0.1) is 0 Å². The summed E-state index contributed by atoms with van der Waals surface area (Å²) in [4.78, 5) is 73.8. The van der Waals surface area contributed by atoms with Gasteiger partial charge >= 0.3 is 0 Å². The molecular formula is C29H21BrN2O10. The second-order valence-corrected chi connectivity index (χ2v) is 11.2. The Bertz CT molecular complexity index is 2410. The number of oxime groups is 1. The van der Waals surface area contributed by atoms with Crippen molar-refractivity contribution in [2.75, 3.05) is 7.11 Å². The molecule has 12 nitrogen and oxygen atoms in total. The lowest BCUT2D eigenvalue weighted by Gasteiger charge is -2.27. The summed E-state index contributed by atoms with van der Waals surface area (Å²) in [6.45, 7) is 3.55. The third-order valence-electron chi connectivity index (χ3n) is 7.84. The van der Waals surface area contributed by atoms with Crippen LogP contribution < -0.4 is 42.4 Å². The van der Waals surface area contributed by atoms with E-state index >= 15 is 0 Å². The average molecular weight is 637 g/mol. The summed E-state index contributed by atoms with van der Waals surface area (Å²) in [5.41, 5.74) is -6.38. The van der Waals surface area contributed by atoms with E-state index in [9.17, 15) is 39.3 Å². The van der Waals surface area contributed by atoms with Crippen LogP contribution in [-0.2, 0) is 16.7 Å². The van der Waals surface area contributed by atoms with Crippen LogP contribution in [0.1, 0.15) is 37.1 Å². The fourth-order valence-corrected chi connectivity index (χ4v) is 6.80. The predicted molar refractivity (Wildman–Crippen MR) is 155 cm³/mol. The molecule has 1 atom stereocenters. The Labute approximate surface area is 241 Å². The number of H-pyrrole nitrogens is 1. The third kappa shape index (κ3) is 3.33. The number of pyridine rings is 1. The molecule has 0 saturated carbocycles. The molecule has 13 heteroatoms. The van der Waals surface area contributed by atoms with E-state index in [1.165, 1.54) is 6.21 Å². The Balaban J connectivity index is 1.73. The van der Waals surface area contributed by atoms with E-state index in [-0.39, 0.29) is 35.6 Å². The number of aromatic amines is 1. The first-order valence-corrected chi connectivity index (χ1v) is 13.5. The Kier molecular flexibility index (Phi) is 5.94. The smallest absolute Gasteiger partial charge is 0.260 e. The number of phenolic OH excluding ortho intramolecular Hbond substituents is 1. The van der Waals surface area contributed by atoms with Crippen molar-refractivity contribution in [1.82, 2.24) is 4.98 Å². The first-order valence-electron chi connectivity index (χ1n) is 12.7. The number of nitrogens with zero attached hydrogens (tertiary/aromatic N) is 1. The van der Waals surface area contributed by atoms with Gasteiger partial charge in [0.15, 0.2) is 11.2 Å². The van der Waals surface area contributed by atoms with Gasteiger partial charge in [-0.05, 0) is 54.2 Å². The van der Waals surface area contributed by atoms with E-state index in [1.807, 2.05) is 0 Å². The number of methoxy groups -OCH3 is 1. The number of aliphatic hydroxyl groups excluding tert-OH is 2. The Morgan fingerprint density at radius 1 is 0.976 bits per heavy atom. The molecule has 1 aromatic heterocycles. The number of nitrogens with one attached hydrogen (secondary N) is 1. The summed E-state index contributed by atoms with van der Waals surface area (Å²) < 4.78 is 5.26. The molecule has 6 rings (SSSR count). The highest BCUT2D eigenvalue weighted by Gasteiger charge is 2.53. The highest BCUT2D eigenvalue weighted by atomic mass is 79.9. The van der Waals surface area contributed by atoms with Crippen molar-refractivity contribution in [2.45, 2.75) is 38.2 Å². The zero-order chi connectivity index (χ0) is 30.4. The standard InChI is InChI=1S/C29H21BrN2O10/c1-9(2)42-31-8-10-6-12-15(28(40)32-10)25(37)20-11(21(12)30)4-5-29(20)26(38)18-19(27(29)39)24(36)17-16(23(18)35)13(33)7-14(41-3)22(17)34/h6-9,37-39H,4-5H2,1-3H3,(H,32,40)/t29-/m0/s1. The number of ether oxygens (including phenoxy) is 1. The van der Waals surface area contributed by atoms with Crippen molar-refractivity contribution in [1.29, 1.82) is 0 Å². The third-order valence-corrected chi connectivity index (χ3v) is 8.75. The van der Waals surface area contributed by atoms with Crippen LogP contribution >= 0.6 is 15.9 Å². The van der Waals surface area contributed by atoms with Crippen molar-refractivity contribution in [3.8, 4) is 11.5 Å². The summed E-state index contributed by atoms with van der Waals surface area (Å²) in [6.07, 6.45) is 1.12. The molecule has 214 valence electrons. The minimum absolute atomic E-state index is 0.0896. The van der Waals surface area contributed by atoms with Crippen molar-refractivity contribution in [3.63, 3.8) is 0 Å². The quantitative estimate of drug-likeness (QED) is 0.175. The zero-order valence-corrected chi connectivity index (χ0v) is 23.8. The molecule has 1 spiro atoms. The minimum Gasteiger partial charge on any atom is -0.510 e. The first kappa shape index (κ1) is 27.4. The van der Waals surface area contributed by atoms with E-state index in [4.69, 9.17) is 9.57 Å². The maximum atomic E-state index is 13.6. The first-order chi connectivity index (χ1) is 19.9. The number of aromatic nitrogens is 1. The van der Waals surface area contributed by atoms with Gasteiger partial charge in [-0.2, -0.15) is 0 Å². The van der Waals surface area contributed by atoms with E-state index in [0.717, 1.165) is 13.2 Å². The molecule has 1 aromatic carbocycles. The van der Waals surface area contributed by atoms with Crippen molar-refractivity contribution >= 4 is 44.4 Å². The van der Waals surface area contributed by atoms with Crippen LogP contribution in [0, 0.1) is 10.4 Å². The van der Waals surface area contributed by atoms with Gasteiger partial charge in [0, 0.05) is 21.5 Å². The van der Waals surface area contributed by atoms with E-state index in [0.29, 0.717) is 15.4 Å². The summed E-state index contributed by atoms with van der Waals surface area (Å²) in [5, 5.41) is 35.8. The fraction of sp³-hybridized carbons (Fsp3) is 0.241. The number of halogens is 1. The zero-order valence-electron chi connectivity index (χ0n) is 22.2. The van der Waals surface area contributed by atoms with Gasteiger partial charge in [0.05, 0.1) is 45.3 Å². The second-order valence-electron chi connectivity index (χ2n) is 10.4. The van der Waals surface area contributed by atoms with Crippen LogP contribution in [0.5, 0.6) is 11.5 Å². The van der Waals surface area contributed by atoms with Crippen LogP contribution in [0.15, 0.2) is 45.7 Å². The monoisotopic (exact) mass is 636 g/mol. The average Bonchev–Trinajstić information content (AvgIpc) is 3.44. The van der Waals surface area contributed by atoms with Crippen molar-refractivity contribution < 1.29 is 24.9 Å². The molecule has 0 amide bonds. The lowest BCUT2D eigenvalue weighted by Crippen LogP contribution is -2.51. The summed E-state index contributed by atoms with van der Waals surface area (Å²) in [7, 11) is 1.12. The van der Waals surface area contributed by atoms with Gasteiger partial charge in [0.1, 0.15) is 28.8 Å².